The molecular weight excluding hydrogens is 322 g/mol. The van der Waals surface area contributed by atoms with Gasteiger partial charge in [0.15, 0.2) is 6.61 Å². The van der Waals surface area contributed by atoms with Crippen molar-refractivity contribution in [2.75, 3.05) is 6.61 Å². The van der Waals surface area contributed by atoms with E-state index in [0.717, 1.165) is 18.9 Å². The van der Waals surface area contributed by atoms with Gasteiger partial charge in [0.1, 0.15) is 5.54 Å². The zero-order valence-electron chi connectivity index (χ0n) is 13.7. The van der Waals surface area contributed by atoms with Crippen molar-refractivity contribution in [3.63, 3.8) is 0 Å². The number of aromatic amines is 1. The first-order valence-electron chi connectivity index (χ1n) is 7.94. The third-order valence-corrected chi connectivity index (χ3v) is 4.33. The Morgan fingerprint density at radius 2 is 2.12 bits per heavy atom. The van der Waals surface area contributed by atoms with Gasteiger partial charge in [0.25, 0.3) is 5.91 Å². The maximum Gasteiger partial charge on any atom is 0.339 e. The number of nitrogens with zero attached hydrogens (tertiary/aromatic N) is 1. The van der Waals surface area contributed by atoms with Crippen LogP contribution >= 0.6 is 0 Å². The molecule has 2 aromatic rings. The Labute approximate surface area is 143 Å². The number of fused-ring (bicyclic) bond motifs is 1. The van der Waals surface area contributed by atoms with E-state index in [2.05, 4.69) is 16.4 Å². The number of amides is 1. The maximum absolute atomic E-state index is 12.3. The van der Waals surface area contributed by atoms with Crippen LogP contribution in [0.4, 0.5) is 0 Å². The SMILES string of the molecule is C[C@@](C#N)(NC(=O)COC(=O)c1cc(=O)[nH]c2ccccc12)C1CC1. The van der Waals surface area contributed by atoms with E-state index in [0.29, 0.717) is 10.9 Å². The molecule has 0 unspecified atom stereocenters. The first-order chi connectivity index (χ1) is 11.9. The van der Waals surface area contributed by atoms with Crippen LogP contribution in [0.25, 0.3) is 10.9 Å². The molecule has 1 fully saturated rings. The molecule has 1 aliphatic carbocycles. The van der Waals surface area contributed by atoms with Gasteiger partial charge in [-0.2, -0.15) is 5.26 Å². The molecule has 1 aliphatic rings. The summed E-state index contributed by atoms with van der Waals surface area (Å²) in [5.41, 5.74) is -0.768. The first kappa shape index (κ1) is 16.7. The number of nitriles is 1. The highest BCUT2D eigenvalue weighted by molar-refractivity contribution is 6.03. The fourth-order valence-electron chi connectivity index (χ4n) is 2.79. The van der Waals surface area contributed by atoms with Crippen LogP contribution in [0.2, 0.25) is 0 Å². The van der Waals surface area contributed by atoms with Crippen LogP contribution in [0.5, 0.6) is 0 Å². The van der Waals surface area contributed by atoms with Gasteiger partial charge in [-0.15, -0.1) is 0 Å². The van der Waals surface area contributed by atoms with E-state index in [1.54, 1.807) is 31.2 Å². The van der Waals surface area contributed by atoms with Gasteiger partial charge in [0.2, 0.25) is 5.56 Å². The van der Waals surface area contributed by atoms with Crippen molar-refractivity contribution in [1.82, 2.24) is 10.3 Å². The summed E-state index contributed by atoms with van der Waals surface area (Å²) in [7, 11) is 0. The molecule has 128 valence electrons. The molecule has 1 atom stereocenters. The molecule has 1 amide bonds. The van der Waals surface area contributed by atoms with Crippen LogP contribution in [0.3, 0.4) is 0 Å². The van der Waals surface area contributed by atoms with Crippen molar-refractivity contribution >= 4 is 22.8 Å². The lowest BCUT2D eigenvalue weighted by Gasteiger charge is -2.22. The molecule has 25 heavy (non-hydrogen) atoms. The summed E-state index contributed by atoms with van der Waals surface area (Å²) in [4.78, 5) is 38.6. The number of carbonyl (C=O) groups is 2. The summed E-state index contributed by atoms with van der Waals surface area (Å²) in [5.74, 6) is -1.17. The standard InChI is InChI=1S/C18H17N3O4/c1-18(10-19,11-6-7-11)21-16(23)9-25-17(24)13-8-15(22)20-14-5-3-2-4-12(13)14/h2-5,8,11H,6-7,9H2,1H3,(H,20,22)(H,21,23)/t18-/m0/s1. The molecule has 1 heterocycles. The fourth-order valence-corrected chi connectivity index (χ4v) is 2.79. The Bertz CT molecular complexity index is 939. The summed E-state index contributed by atoms with van der Waals surface area (Å²) in [6, 6.07) is 10.1. The molecule has 0 radical (unpaired) electrons. The molecule has 0 spiro atoms. The monoisotopic (exact) mass is 339 g/mol. The second-order valence-electron chi connectivity index (χ2n) is 6.31. The molecule has 7 heteroatoms. The summed E-state index contributed by atoms with van der Waals surface area (Å²) < 4.78 is 5.03. The van der Waals surface area contributed by atoms with Gasteiger partial charge in [-0.3, -0.25) is 9.59 Å². The number of rotatable bonds is 5. The number of nitrogens with one attached hydrogen (secondary N) is 2. The Balaban J connectivity index is 1.70. The Morgan fingerprint density at radius 3 is 2.80 bits per heavy atom. The normalized spacial score (nSPS) is 15.8. The number of ether oxygens (including phenoxy) is 1. The number of hydrogen-bond acceptors (Lipinski definition) is 5. The molecule has 0 aliphatic heterocycles. The average Bonchev–Trinajstić information content (AvgIpc) is 3.44. The van der Waals surface area contributed by atoms with Gasteiger partial charge in [0, 0.05) is 17.0 Å². The number of benzene rings is 1. The van der Waals surface area contributed by atoms with Gasteiger partial charge in [-0.25, -0.2) is 4.79 Å². The number of esters is 1. The minimum absolute atomic E-state index is 0.0948. The van der Waals surface area contributed by atoms with Crippen molar-refractivity contribution in [2.45, 2.75) is 25.3 Å². The summed E-state index contributed by atoms with van der Waals surface area (Å²) in [6.45, 7) is 1.15. The van der Waals surface area contributed by atoms with Crippen LogP contribution in [0.1, 0.15) is 30.1 Å². The Morgan fingerprint density at radius 1 is 1.40 bits per heavy atom. The third kappa shape index (κ3) is 3.53. The number of H-pyrrole nitrogens is 1. The largest absolute Gasteiger partial charge is 0.452 e. The minimum Gasteiger partial charge on any atom is -0.452 e. The number of para-hydroxylation sites is 1. The van der Waals surface area contributed by atoms with Gasteiger partial charge >= 0.3 is 5.97 Å². The van der Waals surface area contributed by atoms with Crippen molar-refractivity contribution in [3.05, 3.63) is 46.2 Å². The smallest absolute Gasteiger partial charge is 0.339 e. The highest BCUT2D eigenvalue weighted by atomic mass is 16.5. The molecule has 7 nitrogen and oxygen atoms in total. The van der Waals surface area contributed by atoms with Crippen LogP contribution in [-0.2, 0) is 9.53 Å². The number of aromatic nitrogens is 1. The van der Waals surface area contributed by atoms with Crippen molar-refractivity contribution in [3.8, 4) is 6.07 Å². The number of hydrogen-bond donors (Lipinski definition) is 2. The van der Waals surface area contributed by atoms with Crippen molar-refractivity contribution in [2.24, 2.45) is 5.92 Å². The van der Waals surface area contributed by atoms with Crippen LogP contribution in [0.15, 0.2) is 35.1 Å². The average molecular weight is 339 g/mol. The zero-order chi connectivity index (χ0) is 18.0. The molecule has 0 saturated heterocycles. The van der Waals surface area contributed by atoms with Gasteiger partial charge in [0.05, 0.1) is 11.6 Å². The van der Waals surface area contributed by atoms with Gasteiger partial charge < -0.3 is 15.0 Å². The summed E-state index contributed by atoms with van der Waals surface area (Å²) >= 11 is 0. The minimum atomic E-state index is -0.944. The van der Waals surface area contributed by atoms with E-state index in [-0.39, 0.29) is 11.5 Å². The third-order valence-electron chi connectivity index (χ3n) is 4.33. The Kier molecular flexibility index (Phi) is 4.28. The molecule has 2 N–H and O–H groups in total. The number of carbonyl (C=O) groups excluding carboxylic acids is 2. The number of pyridine rings is 1. The van der Waals surface area contributed by atoms with E-state index in [1.807, 2.05) is 0 Å². The van der Waals surface area contributed by atoms with Crippen LogP contribution in [0, 0.1) is 17.2 Å². The molecule has 0 bridgehead atoms. The lowest BCUT2D eigenvalue weighted by atomic mass is 9.98. The molecule has 1 saturated carbocycles. The topological polar surface area (TPSA) is 112 Å². The zero-order valence-corrected chi connectivity index (χ0v) is 13.7. The first-order valence-corrected chi connectivity index (χ1v) is 7.94. The highest BCUT2D eigenvalue weighted by Gasteiger charge is 2.43. The van der Waals surface area contributed by atoms with E-state index >= 15 is 0 Å². The summed E-state index contributed by atoms with van der Waals surface area (Å²) in [5, 5.41) is 12.4. The quantitative estimate of drug-likeness (QED) is 0.802. The lowest BCUT2D eigenvalue weighted by molar-refractivity contribution is -0.125. The van der Waals surface area contributed by atoms with E-state index in [4.69, 9.17) is 4.74 Å². The predicted octanol–water partition coefficient (Wildman–Crippen LogP) is 1.49. The summed E-state index contributed by atoms with van der Waals surface area (Å²) in [6.07, 6.45) is 1.78. The second-order valence-corrected chi connectivity index (χ2v) is 6.31. The van der Waals surface area contributed by atoms with Crippen molar-refractivity contribution < 1.29 is 14.3 Å². The highest BCUT2D eigenvalue weighted by Crippen LogP contribution is 2.39. The molecule has 3 rings (SSSR count). The predicted molar refractivity (Wildman–Crippen MR) is 89.7 cm³/mol. The fraction of sp³-hybridized carbons (Fsp3) is 0.333. The van der Waals surface area contributed by atoms with Crippen LogP contribution < -0.4 is 10.9 Å². The van der Waals surface area contributed by atoms with E-state index in [9.17, 15) is 19.6 Å². The van der Waals surface area contributed by atoms with E-state index in [1.165, 1.54) is 0 Å². The van der Waals surface area contributed by atoms with Crippen molar-refractivity contribution in [1.29, 1.82) is 5.26 Å². The maximum atomic E-state index is 12.3. The molecule has 1 aromatic heterocycles. The van der Waals surface area contributed by atoms with Gasteiger partial charge in [-0.1, -0.05) is 18.2 Å². The van der Waals surface area contributed by atoms with E-state index < -0.39 is 29.6 Å². The molecule has 1 aromatic carbocycles. The second kappa shape index (κ2) is 6.40. The lowest BCUT2D eigenvalue weighted by Crippen LogP contribution is -2.48. The van der Waals surface area contributed by atoms with Crippen LogP contribution in [-0.4, -0.2) is 29.0 Å². The Hall–Kier alpha value is -3.14. The van der Waals surface area contributed by atoms with Gasteiger partial charge in [-0.05, 0) is 31.7 Å². The molecular formula is C18H17N3O4.